The third-order valence-corrected chi connectivity index (χ3v) is 6.64. The first kappa shape index (κ1) is 30.1. The van der Waals surface area contributed by atoms with Crippen LogP contribution in [0, 0.1) is 11.8 Å². The van der Waals surface area contributed by atoms with Crippen molar-refractivity contribution in [2.24, 2.45) is 17.6 Å². The second-order valence-corrected chi connectivity index (χ2v) is 9.77. The molecule has 1 aromatic carbocycles. The lowest BCUT2D eigenvalue weighted by molar-refractivity contribution is -0.137. The molecule has 0 unspecified atom stereocenters. The van der Waals surface area contributed by atoms with Gasteiger partial charge in [-0.3, -0.25) is 14.4 Å². The number of ether oxygens (including phenoxy) is 1. The lowest BCUT2D eigenvalue weighted by atomic mass is 9.94. The average molecular weight is 515 g/mol. The van der Waals surface area contributed by atoms with Gasteiger partial charge in [0, 0.05) is 25.6 Å². The molecule has 0 aromatic heterocycles. The maximum absolute atomic E-state index is 12.9. The quantitative estimate of drug-likeness (QED) is 0.417. The van der Waals surface area contributed by atoms with Gasteiger partial charge in [-0.1, -0.05) is 26.0 Å². The standard InChI is InChI=1S/C24H38N4O4S.ClH/c1-16(2)21(23(30)26-15-17-5-7-19(32-3)8-6-17)27-22(29)18-9-12-28(13-10-18)24(31)20(25)11-14-33-4;/h5-8,16,18,20-21H,9-15,25H2,1-4H3,(H,26,30)(H,27,29);1H/t20-,21-;/m0./s1. The van der Waals surface area contributed by atoms with Crippen LogP contribution in [-0.4, -0.2) is 66.9 Å². The number of carbonyl (C=O) groups is 3. The van der Waals surface area contributed by atoms with Crippen LogP contribution in [-0.2, 0) is 20.9 Å². The summed E-state index contributed by atoms with van der Waals surface area (Å²) in [5, 5.41) is 5.85. The van der Waals surface area contributed by atoms with Crippen LogP contribution < -0.4 is 21.1 Å². The minimum atomic E-state index is -0.615. The van der Waals surface area contributed by atoms with E-state index in [1.807, 2.05) is 44.4 Å². The Morgan fingerprint density at radius 1 is 1.18 bits per heavy atom. The molecule has 1 fully saturated rings. The SMILES string of the molecule is COc1ccc(CNC(=O)[C@@H](NC(=O)C2CCN(C(=O)[C@@H](N)CCSC)CC2)C(C)C)cc1.Cl. The summed E-state index contributed by atoms with van der Waals surface area (Å²) in [4.78, 5) is 39.9. The molecule has 1 aliphatic rings. The van der Waals surface area contributed by atoms with Crippen molar-refractivity contribution in [1.82, 2.24) is 15.5 Å². The zero-order valence-corrected chi connectivity index (χ0v) is 22.2. The molecule has 2 atom stereocenters. The van der Waals surface area contributed by atoms with E-state index in [1.54, 1.807) is 23.8 Å². The largest absolute Gasteiger partial charge is 0.497 e. The average Bonchev–Trinajstić information content (AvgIpc) is 2.83. The Morgan fingerprint density at radius 3 is 2.32 bits per heavy atom. The van der Waals surface area contributed by atoms with Crippen LogP contribution in [0.2, 0.25) is 0 Å². The Morgan fingerprint density at radius 2 is 1.79 bits per heavy atom. The van der Waals surface area contributed by atoms with Crippen LogP contribution >= 0.6 is 24.2 Å². The molecule has 2 rings (SSSR count). The summed E-state index contributed by atoms with van der Waals surface area (Å²) in [5.74, 6) is 0.956. The molecular weight excluding hydrogens is 476 g/mol. The van der Waals surface area contributed by atoms with E-state index >= 15 is 0 Å². The van der Waals surface area contributed by atoms with Gasteiger partial charge in [-0.05, 0) is 54.9 Å². The van der Waals surface area contributed by atoms with Gasteiger partial charge in [0.15, 0.2) is 0 Å². The number of hydrogen-bond donors (Lipinski definition) is 3. The first-order chi connectivity index (χ1) is 15.8. The predicted octanol–water partition coefficient (Wildman–Crippen LogP) is 2.19. The number of nitrogens with zero attached hydrogens (tertiary/aromatic N) is 1. The van der Waals surface area contributed by atoms with Gasteiger partial charge < -0.3 is 26.0 Å². The minimum absolute atomic E-state index is 0. The lowest BCUT2D eigenvalue weighted by Crippen LogP contribution is -2.53. The number of halogens is 1. The summed E-state index contributed by atoms with van der Waals surface area (Å²) in [7, 11) is 1.61. The fourth-order valence-corrected chi connectivity index (χ4v) is 4.30. The number of methoxy groups -OCH3 is 1. The summed E-state index contributed by atoms with van der Waals surface area (Å²) < 4.78 is 5.15. The van der Waals surface area contributed by atoms with E-state index in [2.05, 4.69) is 10.6 Å². The Hall–Kier alpha value is -1.97. The van der Waals surface area contributed by atoms with E-state index in [-0.39, 0.29) is 42.0 Å². The Kier molecular flexibility index (Phi) is 13.4. The second kappa shape index (κ2) is 15.1. The predicted molar refractivity (Wildman–Crippen MR) is 139 cm³/mol. The third kappa shape index (κ3) is 9.00. The zero-order valence-electron chi connectivity index (χ0n) is 20.5. The van der Waals surface area contributed by atoms with Gasteiger partial charge in [0.25, 0.3) is 0 Å². The molecule has 0 bridgehead atoms. The summed E-state index contributed by atoms with van der Waals surface area (Å²) in [6.07, 6.45) is 3.80. The summed E-state index contributed by atoms with van der Waals surface area (Å²) in [6, 6.07) is 6.37. The molecule has 1 heterocycles. The van der Waals surface area contributed by atoms with E-state index in [4.69, 9.17) is 10.5 Å². The number of hydrogen-bond acceptors (Lipinski definition) is 6. The fourth-order valence-electron chi connectivity index (χ4n) is 3.81. The highest BCUT2D eigenvalue weighted by Gasteiger charge is 2.32. The molecule has 0 aliphatic carbocycles. The maximum atomic E-state index is 12.9. The van der Waals surface area contributed by atoms with Crippen molar-refractivity contribution in [1.29, 1.82) is 0 Å². The number of thioether (sulfide) groups is 1. The van der Waals surface area contributed by atoms with Crippen LogP contribution in [0.15, 0.2) is 24.3 Å². The summed E-state index contributed by atoms with van der Waals surface area (Å²) in [6.45, 7) is 5.23. The normalized spacial score (nSPS) is 15.8. The topological polar surface area (TPSA) is 114 Å². The third-order valence-electron chi connectivity index (χ3n) is 6.00. The van der Waals surface area contributed by atoms with Crippen molar-refractivity contribution in [2.75, 3.05) is 32.2 Å². The molecular formula is C24H39ClN4O4S. The molecule has 1 aliphatic heterocycles. The number of rotatable bonds is 11. The molecule has 4 N–H and O–H groups in total. The fraction of sp³-hybridized carbons (Fsp3) is 0.625. The molecule has 3 amide bonds. The van der Waals surface area contributed by atoms with Crippen molar-refractivity contribution >= 4 is 41.9 Å². The van der Waals surface area contributed by atoms with Crippen LogP contribution in [0.25, 0.3) is 0 Å². The highest BCUT2D eigenvalue weighted by atomic mass is 35.5. The molecule has 1 saturated heterocycles. The van der Waals surface area contributed by atoms with Gasteiger partial charge in [-0.2, -0.15) is 11.8 Å². The van der Waals surface area contributed by atoms with E-state index in [0.717, 1.165) is 17.1 Å². The van der Waals surface area contributed by atoms with E-state index < -0.39 is 12.1 Å². The number of piperidine rings is 1. The number of amides is 3. The van der Waals surface area contributed by atoms with Crippen LogP contribution in [0.1, 0.15) is 38.7 Å². The van der Waals surface area contributed by atoms with E-state index in [0.29, 0.717) is 38.9 Å². The van der Waals surface area contributed by atoms with E-state index in [9.17, 15) is 14.4 Å². The molecule has 1 aromatic rings. The van der Waals surface area contributed by atoms with Crippen molar-refractivity contribution in [3.63, 3.8) is 0 Å². The lowest BCUT2D eigenvalue weighted by Gasteiger charge is -2.33. The highest BCUT2D eigenvalue weighted by Crippen LogP contribution is 2.19. The monoisotopic (exact) mass is 514 g/mol. The first-order valence-corrected chi connectivity index (χ1v) is 12.9. The minimum Gasteiger partial charge on any atom is -0.497 e. The molecule has 0 spiro atoms. The smallest absolute Gasteiger partial charge is 0.243 e. The van der Waals surface area contributed by atoms with Crippen LogP contribution in [0.5, 0.6) is 5.75 Å². The van der Waals surface area contributed by atoms with Crippen LogP contribution in [0.4, 0.5) is 0 Å². The Bertz CT molecular complexity index is 786. The van der Waals surface area contributed by atoms with Gasteiger partial charge in [-0.15, -0.1) is 12.4 Å². The van der Waals surface area contributed by atoms with Crippen molar-refractivity contribution in [3.05, 3.63) is 29.8 Å². The van der Waals surface area contributed by atoms with E-state index in [1.165, 1.54) is 0 Å². The first-order valence-electron chi connectivity index (χ1n) is 11.5. The number of likely N-dealkylation sites (tertiary alicyclic amines) is 1. The zero-order chi connectivity index (χ0) is 24.4. The van der Waals surface area contributed by atoms with Crippen molar-refractivity contribution in [3.8, 4) is 5.75 Å². The molecule has 192 valence electrons. The number of nitrogens with one attached hydrogen (secondary N) is 2. The number of nitrogens with two attached hydrogens (primary N) is 1. The molecule has 10 heteroatoms. The molecule has 0 saturated carbocycles. The highest BCUT2D eigenvalue weighted by molar-refractivity contribution is 7.98. The molecule has 0 radical (unpaired) electrons. The van der Waals surface area contributed by atoms with Gasteiger partial charge in [0.05, 0.1) is 13.2 Å². The van der Waals surface area contributed by atoms with Gasteiger partial charge in [0.1, 0.15) is 11.8 Å². The second-order valence-electron chi connectivity index (χ2n) is 8.78. The Balaban J connectivity index is 0.00000578. The maximum Gasteiger partial charge on any atom is 0.243 e. The van der Waals surface area contributed by atoms with Crippen molar-refractivity contribution < 1.29 is 19.1 Å². The molecule has 8 nitrogen and oxygen atoms in total. The number of carbonyl (C=O) groups excluding carboxylic acids is 3. The van der Waals surface area contributed by atoms with Gasteiger partial charge in [-0.25, -0.2) is 0 Å². The summed E-state index contributed by atoms with van der Waals surface area (Å²) in [5.41, 5.74) is 6.96. The van der Waals surface area contributed by atoms with Crippen LogP contribution in [0.3, 0.4) is 0 Å². The van der Waals surface area contributed by atoms with Crippen molar-refractivity contribution in [2.45, 2.75) is 51.7 Å². The molecule has 34 heavy (non-hydrogen) atoms. The van der Waals surface area contributed by atoms with Gasteiger partial charge >= 0.3 is 0 Å². The number of benzene rings is 1. The summed E-state index contributed by atoms with van der Waals surface area (Å²) >= 11 is 1.67. The Labute approximate surface area is 213 Å². The van der Waals surface area contributed by atoms with Gasteiger partial charge in [0.2, 0.25) is 17.7 Å².